The average molecular weight is 324 g/mol. The van der Waals surface area contributed by atoms with Crippen LogP contribution in [0.1, 0.15) is 10.4 Å². The highest BCUT2D eigenvalue weighted by Gasteiger charge is 2.46. The van der Waals surface area contributed by atoms with Crippen LogP contribution >= 0.6 is 0 Å². The molecule has 0 spiro atoms. The molecule has 0 unspecified atom stereocenters. The summed E-state index contributed by atoms with van der Waals surface area (Å²) in [6.45, 7) is 4.16. The van der Waals surface area contributed by atoms with E-state index in [0.29, 0.717) is 31.1 Å². The molecule has 0 saturated carbocycles. The fraction of sp³-hybridized carbons (Fsp3) is 0.500. The van der Waals surface area contributed by atoms with Crippen LogP contribution in [0.4, 0.5) is 5.69 Å². The third-order valence-corrected chi connectivity index (χ3v) is 6.14. The van der Waals surface area contributed by atoms with Gasteiger partial charge in [0.2, 0.25) is 0 Å². The number of carbonyl (C=O) groups excluding carboxylic acids is 1. The van der Waals surface area contributed by atoms with Crippen molar-refractivity contribution in [3.63, 3.8) is 0 Å². The van der Waals surface area contributed by atoms with Gasteiger partial charge in [-0.15, -0.1) is 0 Å². The number of rotatable bonds is 3. The maximum absolute atomic E-state index is 12.1. The first-order valence-corrected chi connectivity index (χ1v) is 9.27. The number of anilines is 1. The van der Waals surface area contributed by atoms with Gasteiger partial charge < -0.3 is 23.7 Å². The highest BCUT2D eigenvalue weighted by Crippen LogP contribution is 2.17. The van der Waals surface area contributed by atoms with E-state index in [1.54, 1.807) is 24.3 Å². The van der Waals surface area contributed by atoms with Gasteiger partial charge in [0.05, 0.1) is 25.4 Å². The Morgan fingerprint density at radius 2 is 1.64 bits per heavy atom. The zero-order valence-corrected chi connectivity index (χ0v) is 13.3. The van der Waals surface area contributed by atoms with Crippen molar-refractivity contribution in [3.05, 3.63) is 29.8 Å². The molecule has 3 heterocycles. The summed E-state index contributed by atoms with van der Waals surface area (Å²) in [5.41, 5.74) is 6.65. The number of esters is 1. The molecule has 1 aromatic carbocycles. The molecule has 1 aromatic rings. The zero-order valence-electron chi connectivity index (χ0n) is 12.3. The molecule has 2 N–H and O–H groups in total. The van der Waals surface area contributed by atoms with Crippen molar-refractivity contribution >= 4 is 20.5 Å². The van der Waals surface area contributed by atoms with E-state index in [1.165, 1.54) is 0 Å². The number of nitrogens with two attached hydrogens (primary N) is 1. The molecular weight excluding hydrogens is 304 g/mol. The number of benzene rings is 1. The third-order valence-electron chi connectivity index (χ3n) is 3.71. The minimum atomic E-state index is -2.93. The van der Waals surface area contributed by atoms with Crippen LogP contribution in [0.5, 0.6) is 0 Å². The van der Waals surface area contributed by atoms with E-state index in [0.717, 1.165) is 19.6 Å². The van der Waals surface area contributed by atoms with E-state index < -0.39 is 14.8 Å². The maximum Gasteiger partial charge on any atom is 0.540 e. The van der Waals surface area contributed by atoms with Crippen molar-refractivity contribution in [3.8, 4) is 0 Å². The van der Waals surface area contributed by atoms with E-state index in [-0.39, 0.29) is 6.23 Å². The van der Waals surface area contributed by atoms with E-state index in [2.05, 4.69) is 4.90 Å². The van der Waals surface area contributed by atoms with Crippen LogP contribution in [0.3, 0.4) is 0 Å². The van der Waals surface area contributed by atoms with Crippen molar-refractivity contribution in [1.82, 2.24) is 4.90 Å². The molecule has 2 bridgehead atoms. The lowest BCUT2D eigenvalue weighted by Crippen LogP contribution is -2.58. The lowest BCUT2D eigenvalue weighted by atomic mass is 10.2. The molecule has 0 aliphatic carbocycles. The van der Waals surface area contributed by atoms with Gasteiger partial charge in [-0.3, -0.25) is 4.90 Å². The Hall–Kier alpha value is -1.45. The summed E-state index contributed by atoms with van der Waals surface area (Å²) in [5, 5.41) is 0. The summed E-state index contributed by atoms with van der Waals surface area (Å²) in [7, 11) is -2.93. The van der Waals surface area contributed by atoms with Gasteiger partial charge in [0, 0.05) is 25.3 Å². The Balaban J connectivity index is 1.63. The Morgan fingerprint density at radius 1 is 1.09 bits per heavy atom. The highest BCUT2D eigenvalue weighted by atomic mass is 28.4. The maximum atomic E-state index is 12.1. The van der Waals surface area contributed by atoms with E-state index in [4.69, 9.17) is 23.7 Å². The van der Waals surface area contributed by atoms with Crippen LogP contribution in [-0.2, 0) is 18.0 Å². The van der Waals surface area contributed by atoms with Crippen LogP contribution in [-0.4, -0.2) is 65.4 Å². The SMILES string of the molecule is Nc1ccc(C(=O)OC[Si]23OCCN(CCO2)CCO3)cc1. The van der Waals surface area contributed by atoms with Crippen LogP contribution in [0, 0.1) is 0 Å². The number of fused-ring (bicyclic) bond motifs is 6. The minimum Gasteiger partial charge on any atom is -0.457 e. The smallest absolute Gasteiger partial charge is 0.457 e. The molecular formula is C14H20N2O5Si. The Bertz CT molecular complexity index is 498. The predicted molar refractivity (Wildman–Crippen MR) is 81.2 cm³/mol. The number of carbonyl (C=O) groups is 1. The van der Waals surface area contributed by atoms with Gasteiger partial charge in [-0.05, 0) is 24.3 Å². The third kappa shape index (κ3) is 3.65. The number of nitrogens with zero attached hydrogens (tertiary/aromatic N) is 1. The monoisotopic (exact) mass is 324 g/mol. The summed E-state index contributed by atoms with van der Waals surface area (Å²) in [4.78, 5) is 14.3. The van der Waals surface area contributed by atoms with Gasteiger partial charge in [0.15, 0.2) is 6.23 Å². The molecule has 120 valence electrons. The highest BCUT2D eigenvalue weighted by molar-refractivity contribution is 6.60. The lowest BCUT2D eigenvalue weighted by molar-refractivity contribution is -0.0247. The quantitative estimate of drug-likeness (QED) is 0.486. The molecule has 3 aliphatic rings. The van der Waals surface area contributed by atoms with Gasteiger partial charge in [0.25, 0.3) is 0 Å². The number of hydrogen-bond acceptors (Lipinski definition) is 7. The van der Waals surface area contributed by atoms with Crippen molar-refractivity contribution < 1.29 is 22.8 Å². The predicted octanol–water partition coefficient (Wildman–Crippen LogP) is 0.283. The normalized spacial score (nSPS) is 28.5. The molecule has 7 nitrogen and oxygen atoms in total. The van der Waals surface area contributed by atoms with Gasteiger partial charge in [-0.2, -0.15) is 0 Å². The topological polar surface area (TPSA) is 83.3 Å². The second-order valence-electron chi connectivity index (χ2n) is 5.27. The van der Waals surface area contributed by atoms with Crippen molar-refractivity contribution in [2.45, 2.75) is 0 Å². The first-order chi connectivity index (χ1) is 10.7. The van der Waals surface area contributed by atoms with E-state index in [9.17, 15) is 4.79 Å². The first kappa shape index (κ1) is 15.4. The largest absolute Gasteiger partial charge is 0.540 e. The molecule has 22 heavy (non-hydrogen) atoms. The van der Waals surface area contributed by atoms with Crippen molar-refractivity contribution in [2.24, 2.45) is 0 Å². The molecule has 0 amide bonds. The van der Waals surface area contributed by atoms with Gasteiger partial charge in [-0.25, -0.2) is 4.79 Å². The lowest BCUT2D eigenvalue weighted by Gasteiger charge is -2.37. The fourth-order valence-electron chi connectivity index (χ4n) is 2.43. The molecule has 0 radical (unpaired) electrons. The molecule has 3 saturated heterocycles. The van der Waals surface area contributed by atoms with E-state index >= 15 is 0 Å². The molecule has 0 aromatic heterocycles. The zero-order chi connectivity index (χ0) is 15.4. The molecule has 0 atom stereocenters. The second-order valence-corrected chi connectivity index (χ2v) is 7.79. The Kier molecular flexibility index (Phi) is 4.74. The summed E-state index contributed by atoms with van der Waals surface area (Å²) < 4.78 is 22.8. The first-order valence-electron chi connectivity index (χ1n) is 7.34. The minimum absolute atomic E-state index is 0.0379. The van der Waals surface area contributed by atoms with Gasteiger partial charge >= 0.3 is 14.8 Å². The Labute approximate surface area is 130 Å². The van der Waals surface area contributed by atoms with Crippen molar-refractivity contribution in [2.75, 3.05) is 51.4 Å². The van der Waals surface area contributed by atoms with Gasteiger partial charge in [-0.1, -0.05) is 0 Å². The van der Waals surface area contributed by atoms with Crippen LogP contribution in [0.2, 0.25) is 0 Å². The van der Waals surface area contributed by atoms with Crippen LogP contribution < -0.4 is 5.73 Å². The number of nitrogen functional groups attached to an aromatic ring is 1. The average Bonchev–Trinajstić information content (AvgIpc) is 2.45. The molecule has 4 rings (SSSR count). The van der Waals surface area contributed by atoms with Crippen molar-refractivity contribution in [1.29, 1.82) is 0 Å². The van der Waals surface area contributed by atoms with Crippen LogP contribution in [0.25, 0.3) is 0 Å². The number of hydrogen-bond donors (Lipinski definition) is 1. The molecule has 3 aliphatic heterocycles. The molecule has 3 fully saturated rings. The second kappa shape index (κ2) is 6.76. The fourth-order valence-corrected chi connectivity index (χ4v) is 4.45. The molecule has 8 heteroatoms. The number of ether oxygens (including phenoxy) is 1. The Morgan fingerprint density at radius 3 is 2.18 bits per heavy atom. The standard InChI is InChI=1S/C14H20N2O5Si/c15-13-3-1-12(2-4-13)14(17)18-11-22-19-8-5-16(6-9-20-22)7-10-21-22/h1-4H,5-11,15H2. The van der Waals surface area contributed by atoms with E-state index in [1.807, 2.05) is 0 Å². The van der Waals surface area contributed by atoms with Crippen LogP contribution in [0.15, 0.2) is 24.3 Å². The summed E-state index contributed by atoms with van der Waals surface area (Å²) in [6.07, 6.45) is 0.0379. The summed E-state index contributed by atoms with van der Waals surface area (Å²) in [6, 6.07) is 6.59. The summed E-state index contributed by atoms with van der Waals surface area (Å²) in [5.74, 6) is -0.427. The van der Waals surface area contributed by atoms with Gasteiger partial charge in [0.1, 0.15) is 0 Å². The summed E-state index contributed by atoms with van der Waals surface area (Å²) >= 11 is 0.